The van der Waals surface area contributed by atoms with E-state index in [4.69, 9.17) is 5.73 Å². The molecular weight excluding hydrogens is 146 g/mol. The van der Waals surface area contributed by atoms with Gasteiger partial charge in [0.2, 0.25) is 0 Å². The van der Waals surface area contributed by atoms with E-state index in [0.717, 1.165) is 19.3 Å². The molecule has 0 rings (SSSR count). The van der Waals surface area contributed by atoms with Gasteiger partial charge >= 0.3 is 0 Å². The van der Waals surface area contributed by atoms with Crippen LogP contribution in [0.15, 0.2) is 12.2 Å². The standard InChI is InChI=1S/C11H23N/c1-6-11(4,5)10(12)8-7-9(2)3/h10H,2,6-8,12H2,1,3-5H3. The molecule has 0 fully saturated rings. The van der Waals surface area contributed by atoms with Gasteiger partial charge in [0, 0.05) is 6.04 Å². The SMILES string of the molecule is C=C(C)CCC(N)C(C)(C)CC. The molecule has 0 bridgehead atoms. The van der Waals surface area contributed by atoms with Gasteiger partial charge in [-0.15, -0.1) is 6.58 Å². The Bertz CT molecular complexity index is 147. The van der Waals surface area contributed by atoms with Crippen molar-refractivity contribution in [3.8, 4) is 0 Å². The van der Waals surface area contributed by atoms with Crippen LogP contribution in [0.3, 0.4) is 0 Å². The number of rotatable bonds is 5. The summed E-state index contributed by atoms with van der Waals surface area (Å²) in [6, 6.07) is 0.305. The van der Waals surface area contributed by atoms with E-state index < -0.39 is 0 Å². The van der Waals surface area contributed by atoms with E-state index in [1.807, 2.05) is 0 Å². The second-order valence-electron chi connectivity index (χ2n) is 4.44. The largest absolute Gasteiger partial charge is 0.327 e. The summed E-state index contributed by atoms with van der Waals surface area (Å²) in [7, 11) is 0. The fraction of sp³-hybridized carbons (Fsp3) is 0.818. The Balaban J connectivity index is 3.86. The molecule has 1 unspecified atom stereocenters. The Kier molecular flexibility index (Phi) is 4.54. The lowest BCUT2D eigenvalue weighted by Gasteiger charge is -2.30. The lowest BCUT2D eigenvalue weighted by molar-refractivity contribution is 0.263. The van der Waals surface area contributed by atoms with Gasteiger partial charge in [-0.1, -0.05) is 26.3 Å². The zero-order chi connectivity index (χ0) is 9.78. The summed E-state index contributed by atoms with van der Waals surface area (Å²) >= 11 is 0. The predicted molar refractivity (Wildman–Crippen MR) is 56.1 cm³/mol. The maximum Gasteiger partial charge on any atom is 0.00932 e. The average molecular weight is 169 g/mol. The van der Waals surface area contributed by atoms with E-state index in [1.165, 1.54) is 5.57 Å². The summed E-state index contributed by atoms with van der Waals surface area (Å²) in [6.07, 6.45) is 3.27. The van der Waals surface area contributed by atoms with Crippen LogP contribution in [-0.2, 0) is 0 Å². The van der Waals surface area contributed by atoms with Crippen LogP contribution >= 0.6 is 0 Å². The number of hydrogen-bond donors (Lipinski definition) is 1. The van der Waals surface area contributed by atoms with Crippen molar-refractivity contribution in [2.45, 2.75) is 53.0 Å². The molecule has 1 heteroatoms. The van der Waals surface area contributed by atoms with Crippen molar-refractivity contribution in [1.82, 2.24) is 0 Å². The molecule has 0 aromatic carbocycles. The molecule has 2 N–H and O–H groups in total. The first-order valence-electron chi connectivity index (χ1n) is 4.80. The Morgan fingerprint density at radius 3 is 2.33 bits per heavy atom. The molecule has 0 aliphatic carbocycles. The molecule has 0 radical (unpaired) electrons. The molecule has 0 saturated carbocycles. The van der Waals surface area contributed by atoms with Crippen LogP contribution in [0.1, 0.15) is 47.0 Å². The molecule has 0 spiro atoms. The van der Waals surface area contributed by atoms with Gasteiger partial charge in [0.05, 0.1) is 0 Å². The normalized spacial score (nSPS) is 14.4. The monoisotopic (exact) mass is 169 g/mol. The molecule has 0 aliphatic heterocycles. The van der Waals surface area contributed by atoms with E-state index in [0.29, 0.717) is 6.04 Å². The van der Waals surface area contributed by atoms with Crippen LogP contribution in [0.2, 0.25) is 0 Å². The molecule has 0 aromatic rings. The molecule has 72 valence electrons. The highest BCUT2D eigenvalue weighted by Gasteiger charge is 2.23. The van der Waals surface area contributed by atoms with Crippen molar-refractivity contribution in [3.63, 3.8) is 0 Å². The highest BCUT2D eigenvalue weighted by Crippen LogP contribution is 2.26. The zero-order valence-electron chi connectivity index (χ0n) is 8.98. The van der Waals surface area contributed by atoms with E-state index >= 15 is 0 Å². The van der Waals surface area contributed by atoms with Crippen molar-refractivity contribution in [3.05, 3.63) is 12.2 Å². The van der Waals surface area contributed by atoms with Gasteiger partial charge in [0.15, 0.2) is 0 Å². The summed E-state index contributed by atoms with van der Waals surface area (Å²) in [5.74, 6) is 0. The maximum atomic E-state index is 6.07. The third-order valence-corrected chi connectivity index (χ3v) is 2.80. The van der Waals surface area contributed by atoms with Crippen molar-refractivity contribution in [1.29, 1.82) is 0 Å². The summed E-state index contributed by atoms with van der Waals surface area (Å²) < 4.78 is 0. The lowest BCUT2D eigenvalue weighted by Crippen LogP contribution is -2.36. The fourth-order valence-corrected chi connectivity index (χ4v) is 1.05. The number of allylic oxidation sites excluding steroid dienone is 1. The second kappa shape index (κ2) is 4.66. The molecular formula is C11H23N. The number of nitrogens with two attached hydrogens (primary N) is 1. The van der Waals surface area contributed by atoms with Gasteiger partial charge in [-0.25, -0.2) is 0 Å². The van der Waals surface area contributed by atoms with Crippen LogP contribution in [0.5, 0.6) is 0 Å². The topological polar surface area (TPSA) is 26.0 Å². The lowest BCUT2D eigenvalue weighted by atomic mass is 9.80. The summed E-state index contributed by atoms with van der Waals surface area (Å²) in [4.78, 5) is 0. The van der Waals surface area contributed by atoms with Crippen LogP contribution in [0.25, 0.3) is 0 Å². The van der Waals surface area contributed by atoms with Gasteiger partial charge in [0.25, 0.3) is 0 Å². The Labute approximate surface area is 77.0 Å². The van der Waals surface area contributed by atoms with Gasteiger partial charge in [0.1, 0.15) is 0 Å². The molecule has 1 atom stereocenters. The van der Waals surface area contributed by atoms with Gasteiger partial charge in [-0.05, 0) is 31.6 Å². The Morgan fingerprint density at radius 1 is 1.50 bits per heavy atom. The third-order valence-electron chi connectivity index (χ3n) is 2.80. The first kappa shape index (κ1) is 11.7. The minimum Gasteiger partial charge on any atom is -0.327 e. The van der Waals surface area contributed by atoms with E-state index in [-0.39, 0.29) is 5.41 Å². The highest BCUT2D eigenvalue weighted by molar-refractivity contribution is 4.91. The number of hydrogen-bond acceptors (Lipinski definition) is 1. The molecule has 0 amide bonds. The summed E-state index contributed by atoms with van der Waals surface area (Å²) in [5.41, 5.74) is 7.58. The predicted octanol–water partition coefficient (Wildman–Crippen LogP) is 3.11. The quantitative estimate of drug-likeness (QED) is 0.629. The summed E-state index contributed by atoms with van der Waals surface area (Å²) in [6.45, 7) is 12.6. The second-order valence-corrected chi connectivity index (χ2v) is 4.44. The molecule has 0 aliphatic rings. The Morgan fingerprint density at radius 2 is 2.00 bits per heavy atom. The molecule has 0 saturated heterocycles. The molecule has 12 heavy (non-hydrogen) atoms. The zero-order valence-corrected chi connectivity index (χ0v) is 8.98. The minimum absolute atomic E-state index is 0.273. The van der Waals surface area contributed by atoms with Crippen LogP contribution in [0.4, 0.5) is 0 Å². The van der Waals surface area contributed by atoms with Crippen molar-refractivity contribution >= 4 is 0 Å². The van der Waals surface area contributed by atoms with E-state index in [2.05, 4.69) is 34.3 Å². The first-order valence-corrected chi connectivity index (χ1v) is 4.80. The van der Waals surface area contributed by atoms with Gasteiger partial charge < -0.3 is 5.73 Å². The van der Waals surface area contributed by atoms with Crippen molar-refractivity contribution < 1.29 is 0 Å². The van der Waals surface area contributed by atoms with Crippen LogP contribution < -0.4 is 5.73 Å². The fourth-order valence-electron chi connectivity index (χ4n) is 1.05. The summed E-state index contributed by atoms with van der Waals surface area (Å²) in [5, 5.41) is 0. The third kappa shape index (κ3) is 3.91. The van der Waals surface area contributed by atoms with Gasteiger partial charge in [-0.2, -0.15) is 0 Å². The first-order chi connectivity index (χ1) is 5.40. The molecule has 0 heterocycles. The van der Waals surface area contributed by atoms with Crippen molar-refractivity contribution in [2.24, 2.45) is 11.1 Å². The van der Waals surface area contributed by atoms with E-state index in [9.17, 15) is 0 Å². The molecule has 1 nitrogen and oxygen atoms in total. The minimum atomic E-state index is 0.273. The van der Waals surface area contributed by atoms with Crippen LogP contribution in [0, 0.1) is 5.41 Å². The van der Waals surface area contributed by atoms with Crippen molar-refractivity contribution in [2.75, 3.05) is 0 Å². The average Bonchev–Trinajstić information content (AvgIpc) is 2.00. The smallest absolute Gasteiger partial charge is 0.00932 e. The maximum absolute atomic E-state index is 6.07. The van der Waals surface area contributed by atoms with E-state index in [1.54, 1.807) is 0 Å². The van der Waals surface area contributed by atoms with Gasteiger partial charge in [-0.3, -0.25) is 0 Å². The van der Waals surface area contributed by atoms with Crippen LogP contribution in [-0.4, -0.2) is 6.04 Å². The molecule has 0 aromatic heterocycles. The highest BCUT2D eigenvalue weighted by atomic mass is 14.7. The Hall–Kier alpha value is -0.300.